The predicted molar refractivity (Wildman–Crippen MR) is 71.3 cm³/mol. The van der Waals surface area contributed by atoms with Crippen molar-refractivity contribution in [2.75, 3.05) is 0 Å². The highest BCUT2D eigenvalue weighted by Crippen LogP contribution is 2.28. The van der Waals surface area contributed by atoms with Crippen molar-refractivity contribution < 1.29 is 0 Å². The molecule has 0 radical (unpaired) electrons. The number of thioether (sulfide) groups is 1. The third-order valence-electron chi connectivity index (χ3n) is 2.27. The standard InChI is InChI=1S/C14H18S/c1-6-7-15-13-8-11(4)14(10(2)3)12(5)9-13/h6-9H,2H2,1,3-5H3/b7-6-. The number of benzene rings is 1. The van der Waals surface area contributed by atoms with Gasteiger partial charge in [-0.25, -0.2) is 0 Å². The topological polar surface area (TPSA) is 0 Å². The van der Waals surface area contributed by atoms with Crippen LogP contribution in [-0.2, 0) is 0 Å². The minimum Gasteiger partial charge on any atom is -0.0984 e. The fourth-order valence-corrected chi connectivity index (χ4v) is 2.59. The molecule has 0 nitrogen and oxygen atoms in total. The van der Waals surface area contributed by atoms with Crippen molar-refractivity contribution in [3.63, 3.8) is 0 Å². The number of rotatable bonds is 3. The van der Waals surface area contributed by atoms with Crippen molar-refractivity contribution in [2.24, 2.45) is 0 Å². The normalized spacial score (nSPS) is 10.9. The molecule has 0 saturated carbocycles. The van der Waals surface area contributed by atoms with Crippen LogP contribution in [-0.4, -0.2) is 0 Å². The molecule has 0 amide bonds. The van der Waals surface area contributed by atoms with Crippen molar-refractivity contribution in [1.29, 1.82) is 0 Å². The summed E-state index contributed by atoms with van der Waals surface area (Å²) < 4.78 is 0. The average molecular weight is 218 g/mol. The van der Waals surface area contributed by atoms with Gasteiger partial charge in [0, 0.05) is 4.90 Å². The maximum absolute atomic E-state index is 4.02. The molecule has 0 aromatic heterocycles. The Morgan fingerprint density at radius 3 is 2.20 bits per heavy atom. The second kappa shape index (κ2) is 5.22. The van der Waals surface area contributed by atoms with E-state index >= 15 is 0 Å². The summed E-state index contributed by atoms with van der Waals surface area (Å²) in [6.07, 6.45) is 2.06. The van der Waals surface area contributed by atoms with Crippen LogP contribution in [0.5, 0.6) is 0 Å². The largest absolute Gasteiger partial charge is 0.0984 e. The van der Waals surface area contributed by atoms with Crippen LogP contribution in [0, 0.1) is 13.8 Å². The van der Waals surface area contributed by atoms with E-state index in [1.54, 1.807) is 11.8 Å². The van der Waals surface area contributed by atoms with E-state index in [9.17, 15) is 0 Å². The zero-order chi connectivity index (χ0) is 11.4. The van der Waals surface area contributed by atoms with Crippen LogP contribution in [0.25, 0.3) is 5.57 Å². The summed E-state index contributed by atoms with van der Waals surface area (Å²) in [5.41, 5.74) is 5.08. The Hall–Kier alpha value is -0.950. The van der Waals surface area contributed by atoms with Crippen LogP contribution < -0.4 is 0 Å². The van der Waals surface area contributed by atoms with Crippen LogP contribution in [0.3, 0.4) is 0 Å². The van der Waals surface area contributed by atoms with E-state index in [1.165, 1.54) is 21.6 Å². The summed E-state index contributed by atoms with van der Waals surface area (Å²) in [5.74, 6) is 0. The predicted octanol–water partition coefficient (Wildman–Crippen LogP) is 4.96. The van der Waals surface area contributed by atoms with Gasteiger partial charge in [0.15, 0.2) is 0 Å². The van der Waals surface area contributed by atoms with Crippen LogP contribution >= 0.6 is 11.8 Å². The summed E-state index contributed by atoms with van der Waals surface area (Å²) in [7, 11) is 0. The van der Waals surface area contributed by atoms with E-state index in [1.807, 2.05) is 6.92 Å². The fourth-order valence-electron chi connectivity index (χ4n) is 1.81. The van der Waals surface area contributed by atoms with E-state index in [-0.39, 0.29) is 0 Å². The monoisotopic (exact) mass is 218 g/mol. The van der Waals surface area contributed by atoms with Crippen LogP contribution in [0.15, 0.2) is 35.1 Å². The highest BCUT2D eigenvalue weighted by atomic mass is 32.2. The first-order chi connectivity index (χ1) is 7.06. The van der Waals surface area contributed by atoms with Crippen LogP contribution in [0.1, 0.15) is 30.5 Å². The van der Waals surface area contributed by atoms with Crippen molar-refractivity contribution in [3.8, 4) is 0 Å². The summed E-state index contributed by atoms with van der Waals surface area (Å²) in [6.45, 7) is 12.4. The number of aryl methyl sites for hydroxylation is 2. The van der Waals surface area contributed by atoms with Crippen LogP contribution in [0.2, 0.25) is 0 Å². The Morgan fingerprint density at radius 1 is 1.27 bits per heavy atom. The third-order valence-corrected chi connectivity index (χ3v) is 3.19. The lowest BCUT2D eigenvalue weighted by Crippen LogP contribution is -1.90. The zero-order valence-corrected chi connectivity index (χ0v) is 10.7. The molecule has 0 heterocycles. The van der Waals surface area contributed by atoms with E-state index in [0.717, 1.165) is 5.57 Å². The first-order valence-corrected chi connectivity index (χ1v) is 5.99. The number of allylic oxidation sites excluding steroid dienone is 2. The highest BCUT2D eigenvalue weighted by molar-refractivity contribution is 8.02. The van der Waals surface area contributed by atoms with Gasteiger partial charge in [0.05, 0.1) is 0 Å². The summed E-state index contributed by atoms with van der Waals surface area (Å²) in [4.78, 5) is 1.30. The minimum absolute atomic E-state index is 1.15. The molecule has 0 aliphatic rings. The minimum atomic E-state index is 1.15. The summed E-state index contributed by atoms with van der Waals surface area (Å²) in [5, 5.41) is 2.11. The van der Waals surface area contributed by atoms with E-state index < -0.39 is 0 Å². The molecule has 1 heteroatoms. The summed E-state index contributed by atoms with van der Waals surface area (Å²) in [6, 6.07) is 4.45. The number of hydrogen-bond acceptors (Lipinski definition) is 1. The molecular formula is C14H18S. The lowest BCUT2D eigenvalue weighted by Gasteiger charge is -2.11. The Kier molecular flexibility index (Phi) is 4.22. The van der Waals surface area contributed by atoms with Gasteiger partial charge in [0.25, 0.3) is 0 Å². The maximum atomic E-state index is 4.02. The zero-order valence-electron chi connectivity index (χ0n) is 9.92. The fraction of sp³-hybridized carbons (Fsp3) is 0.286. The number of hydrogen-bond donors (Lipinski definition) is 0. The molecule has 0 bridgehead atoms. The Morgan fingerprint density at radius 2 is 1.80 bits per heavy atom. The Labute approximate surface area is 97.1 Å². The molecule has 1 rings (SSSR count). The van der Waals surface area contributed by atoms with Gasteiger partial charge in [0.2, 0.25) is 0 Å². The molecule has 1 aromatic carbocycles. The summed E-state index contributed by atoms with van der Waals surface area (Å²) >= 11 is 1.76. The Balaban J connectivity index is 3.13. The molecule has 0 N–H and O–H groups in total. The molecule has 1 aromatic rings. The molecule has 0 saturated heterocycles. The van der Waals surface area contributed by atoms with Gasteiger partial charge in [-0.1, -0.05) is 30.0 Å². The second-order valence-electron chi connectivity index (χ2n) is 3.80. The lowest BCUT2D eigenvalue weighted by molar-refractivity contribution is 1.26. The van der Waals surface area contributed by atoms with Crippen molar-refractivity contribution >= 4 is 17.3 Å². The molecule has 0 atom stereocenters. The van der Waals surface area contributed by atoms with Gasteiger partial charge in [-0.15, -0.1) is 0 Å². The molecule has 80 valence electrons. The average Bonchev–Trinajstić information content (AvgIpc) is 2.12. The van der Waals surface area contributed by atoms with Gasteiger partial charge in [-0.2, -0.15) is 0 Å². The quantitative estimate of drug-likeness (QED) is 0.646. The molecule has 0 unspecified atom stereocenters. The van der Waals surface area contributed by atoms with Gasteiger partial charge in [-0.05, 0) is 61.9 Å². The van der Waals surface area contributed by atoms with Crippen LogP contribution in [0.4, 0.5) is 0 Å². The first-order valence-electron chi connectivity index (χ1n) is 5.11. The van der Waals surface area contributed by atoms with Crippen molar-refractivity contribution in [3.05, 3.63) is 46.9 Å². The van der Waals surface area contributed by atoms with Crippen molar-refractivity contribution in [2.45, 2.75) is 32.6 Å². The van der Waals surface area contributed by atoms with Gasteiger partial charge in [0.1, 0.15) is 0 Å². The van der Waals surface area contributed by atoms with Gasteiger partial charge < -0.3 is 0 Å². The second-order valence-corrected chi connectivity index (χ2v) is 4.78. The molecule has 0 fully saturated rings. The van der Waals surface area contributed by atoms with Gasteiger partial charge in [-0.3, -0.25) is 0 Å². The molecule has 0 aliphatic carbocycles. The molecular weight excluding hydrogens is 200 g/mol. The maximum Gasteiger partial charge on any atom is 0.0121 e. The lowest BCUT2D eigenvalue weighted by atomic mass is 9.98. The van der Waals surface area contributed by atoms with Crippen molar-refractivity contribution in [1.82, 2.24) is 0 Å². The van der Waals surface area contributed by atoms with E-state index in [4.69, 9.17) is 0 Å². The van der Waals surface area contributed by atoms with E-state index in [2.05, 4.69) is 51.0 Å². The van der Waals surface area contributed by atoms with Gasteiger partial charge >= 0.3 is 0 Å². The molecule has 0 spiro atoms. The highest BCUT2D eigenvalue weighted by Gasteiger charge is 2.05. The third kappa shape index (κ3) is 3.00. The van der Waals surface area contributed by atoms with E-state index in [0.29, 0.717) is 0 Å². The molecule has 0 aliphatic heterocycles. The molecule has 15 heavy (non-hydrogen) atoms. The SMILES string of the molecule is C=C(C)c1c(C)cc(S/C=C\C)cc1C. The smallest absolute Gasteiger partial charge is 0.0121 e. The first kappa shape index (κ1) is 12.1. The Bertz CT molecular complexity index is 377.